The number of nitrogens with one attached hydrogen (secondary N) is 1. The first-order chi connectivity index (χ1) is 8.08. The number of rotatable bonds is 5. The SMILES string of the molecule is CSc1ccc(C(=O)NC(C)C(C)CBr)cc1. The molecular weight excluding hydrogens is 298 g/mol. The van der Waals surface area contributed by atoms with E-state index in [1.165, 1.54) is 4.90 Å². The number of halogens is 1. The van der Waals surface area contributed by atoms with Crippen molar-refractivity contribution in [2.24, 2.45) is 5.92 Å². The molecule has 0 heterocycles. The van der Waals surface area contributed by atoms with Crippen LogP contribution in [0, 0.1) is 5.92 Å². The molecule has 1 amide bonds. The normalized spacial score (nSPS) is 14.1. The Labute approximate surface area is 116 Å². The number of benzene rings is 1. The molecule has 0 saturated heterocycles. The first kappa shape index (κ1) is 14.6. The van der Waals surface area contributed by atoms with Gasteiger partial charge in [-0.05, 0) is 43.4 Å². The van der Waals surface area contributed by atoms with Crippen molar-refractivity contribution in [1.82, 2.24) is 5.32 Å². The van der Waals surface area contributed by atoms with Crippen molar-refractivity contribution in [3.63, 3.8) is 0 Å². The zero-order valence-electron chi connectivity index (χ0n) is 10.4. The summed E-state index contributed by atoms with van der Waals surface area (Å²) in [6.45, 7) is 4.14. The van der Waals surface area contributed by atoms with Gasteiger partial charge in [0.1, 0.15) is 0 Å². The largest absolute Gasteiger partial charge is 0.349 e. The van der Waals surface area contributed by atoms with E-state index in [1.807, 2.05) is 37.4 Å². The minimum Gasteiger partial charge on any atom is -0.349 e. The van der Waals surface area contributed by atoms with Crippen LogP contribution in [0.4, 0.5) is 0 Å². The maximum atomic E-state index is 11.9. The van der Waals surface area contributed by atoms with Gasteiger partial charge in [0.2, 0.25) is 0 Å². The highest BCUT2D eigenvalue weighted by Crippen LogP contribution is 2.15. The Balaban J connectivity index is 2.63. The molecule has 1 aromatic rings. The minimum absolute atomic E-state index is 0.00190. The van der Waals surface area contributed by atoms with Gasteiger partial charge in [0.05, 0.1) is 0 Å². The van der Waals surface area contributed by atoms with Gasteiger partial charge in [-0.3, -0.25) is 4.79 Å². The van der Waals surface area contributed by atoms with Gasteiger partial charge < -0.3 is 5.32 Å². The third-order valence-electron chi connectivity index (χ3n) is 2.81. The number of carbonyl (C=O) groups excluding carboxylic acids is 1. The second-order valence-corrected chi connectivity index (χ2v) is 5.65. The van der Waals surface area contributed by atoms with Gasteiger partial charge in [-0.25, -0.2) is 0 Å². The summed E-state index contributed by atoms with van der Waals surface area (Å²) in [4.78, 5) is 13.1. The molecular formula is C13H18BrNOS. The van der Waals surface area contributed by atoms with Gasteiger partial charge in [0.25, 0.3) is 5.91 Å². The average molecular weight is 316 g/mol. The van der Waals surface area contributed by atoms with E-state index in [0.717, 1.165) is 10.9 Å². The van der Waals surface area contributed by atoms with E-state index in [1.54, 1.807) is 11.8 Å². The van der Waals surface area contributed by atoms with E-state index in [4.69, 9.17) is 0 Å². The third kappa shape index (κ3) is 4.36. The van der Waals surface area contributed by atoms with Crippen molar-refractivity contribution in [3.8, 4) is 0 Å². The van der Waals surface area contributed by atoms with Crippen LogP contribution in [0.15, 0.2) is 29.2 Å². The highest BCUT2D eigenvalue weighted by atomic mass is 79.9. The predicted molar refractivity (Wildman–Crippen MR) is 78.1 cm³/mol. The second kappa shape index (κ2) is 7.07. The molecule has 0 saturated carbocycles. The van der Waals surface area contributed by atoms with E-state index in [2.05, 4.69) is 28.2 Å². The second-order valence-electron chi connectivity index (χ2n) is 4.12. The fourth-order valence-electron chi connectivity index (χ4n) is 1.31. The van der Waals surface area contributed by atoms with Crippen LogP contribution in [-0.2, 0) is 0 Å². The van der Waals surface area contributed by atoms with E-state index in [0.29, 0.717) is 5.92 Å². The number of carbonyl (C=O) groups is 1. The highest BCUT2D eigenvalue weighted by molar-refractivity contribution is 9.09. The number of amides is 1. The van der Waals surface area contributed by atoms with E-state index >= 15 is 0 Å². The Morgan fingerprint density at radius 3 is 2.41 bits per heavy atom. The number of alkyl halides is 1. The van der Waals surface area contributed by atoms with Gasteiger partial charge in [-0.15, -0.1) is 11.8 Å². The van der Waals surface area contributed by atoms with Crippen LogP contribution < -0.4 is 5.32 Å². The molecule has 0 aliphatic rings. The Morgan fingerprint density at radius 1 is 1.35 bits per heavy atom. The van der Waals surface area contributed by atoms with Gasteiger partial charge in [0.15, 0.2) is 0 Å². The molecule has 17 heavy (non-hydrogen) atoms. The van der Waals surface area contributed by atoms with Crippen molar-refractivity contribution < 1.29 is 4.79 Å². The van der Waals surface area contributed by atoms with Crippen LogP contribution in [0.1, 0.15) is 24.2 Å². The van der Waals surface area contributed by atoms with Crippen LogP contribution in [0.5, 0.6) is 0 Å². The summed E-state index contributed by atoms with van der Waals surface area (Å²) in [5.41, 5.74) is 0.719. The van der Waals surface area contributed by atoms with Crippen LogP contribution in [0.25, 0.3) is 0 Å². The Hall–Kier alpha value is -0.480. The van der Waals surface area contributed by atoms with Gasteiger partial charge in [-0.1, -0.05) is 22.9 Å². The topological polar surface area (TPSA) is 29.1 Å². The van der Waals surface area contributed by atoms with Crippen LogP contribution in [0.3, 0.4) is 0 Å². The first-order valence-electron chi connectivity index (χ1n) is 5.59. The summed E-state index contributed by atoms with van der Waals surface area (Å²) in [5, 5.41) is 3.90. The molecule has 2 nitrogen and oxygen atoms in total. The van der Waals surface area contributed by atoms with Crippen LogP contribution in [-0.4, -0.2) is 23.5 Å². The Morgan fingerprint density at radius 2 is 1.94 bits per heavy atom. The van der Waals surface area contributed by atoms with E-state index < -0.39 is 0 Å². The highest BCUT2D eigenvalue weighted by Gasteiger charge is 2.14. The predicted octanol–water partition coefficient (Wildman–Crippen LogP) is 3.56. The number of thioether (sulfide) groups is 1. The van der Waals surface area contributed by atoms with Crippen molar-refractivity contribution >= 4 is 33.6 Å². The lowest BCUT2D eigenvalue weighted by molar-refractivity contribution is 0.0931. The third-order valence-corrected chi connectivity index (χ3v) is 4.57. The van der Waals surface area contributed by atoms with Crippen molar-refractivity contribution in [2.45, 2.75) is 24.8 Å². The molecule has 2 atom stereocenters. The lowest BCUT2D eigenvalue weighted by Gasteiger charge is -2.19. The average Bonchev–Trinajstić information content (AvgIpc) is 2.37. The summed E-state index contributed by atoms with van der Waals surface area (Å²) in [7, 11) is 0. The van der Waals surface area contributed by atoms with E-state index in [-0.39, 0.29) is 11.9 Å². The molecule has 4 heteroatoms. The lowest BCUT2D eigenvalue weighted by atomic mass is 10.1. The summed E-state index contributed by atoms with van der Waals surface area (Å²) >= 11 is 5.10. The monoisotopic (exact) mass is 315 g/mol. The molecule has 0 bridgehead atoms. The summed E-state index contributed by atoms with van der Waals surface area (Å²) in [6.07, 6.45) is 2.02. The Kier molecular flexibility index (Phi) is 6.06. The maximum absolute atomic E-state index is 11.9. The quantitative estimate of drug-likeness (QED) is 0.665. The number of hydrogen-bond acceptors (Lipinski definition) is 2. The van der Waals surface area contributed by atoms with Gasteiger partial charge in [0, 0.05) is 21.8 Å². The van der Waals surface area contributed by atoms with Crippen molar-refractivity contribution in [1.29, 1.82) is 0 Å². The zero-order valence-corrected chi connectivity index (χ0v) is 12.8. The molecule has 0 aliphatic carbocycles. The molecule has 0 aromatic heterocycles. The maximum Gasteiger partial charge on any atom is 0.251 e. The standard InChI is InChI=1S/C13H18BrNOS/c1-9(8-14)10(2)15-13(16)11-4-6-12(17-3)7-5-11/h4-7,9-10H,8H2,1-3H3,(H,15,16). The molecule has 2 unspecified atom stereocenters. The molecule has 0 aliphatic heterocycles. The fourth-order valence-corrected chi connectivity index (χ4v) is 2.28. The van der Waals surface area contributed by atoms with Crippen LogP contribution in [0.2, 0.25) is 0 Å². The molecule has 94 valence electrons. The Bertz CT molecular complexity index is 366. The summed E-state index contributed by atoms with van der Waals surface area (Å²) in [5.74, 6) is 0.419. The zero-order chi connectivity index (χ0) is 12.8. The number of hydrogen-bond donors (Lipinski definition) is 1. The lowest BCUT2D eigenvalue weighted by Crippen LogP contribution is -2.37. The summed E-state index contributed by atoms with van der Waals surface area (Å²) < 4.78 is 0. The molecule has 0 spiro atoms. The molecule has 1 aromatic carbocycles. The molecule has 0 fully saturated rings. The van der Waals surface area contributed by atoms with Crippen molar-refractivity contribution in [2.75, 3.05) is 11.6 Å². The molecule has 0 radical (unpaired) electrons. The first-order valence-corrected chi connectivity index (χ1v) is 7.94. The summed E-state index contributed by atoms with van der Waals surface area (Å²) in [6, 6.07) is 7.84. The molecule has 1 N–H and O–H groups in total. The van der Waals surface area contributed by atoms with Gasteiger partial charge in [-0.2, -0.15) is 0 Å². The van der Waals surface area contributed by atoms with Gasteiger partial charge >= 0.3 is 0 Å². The minimum atomic E-state index is -0.00190. The fraction of sp³-hybridized carbons (Fsp3) is 0.462. The van der Waals surface area contributed by atoms with Crippen molar-refractivity contribution in [3.05, 3.63) is 29.8 Å². The van der Waals surface area contributed by atoms with Crippen LogP contribution >= 0.6 is 27.7 Å². The van der Waals surface area contributed by atoms with E-state index in [9.17, 15) is 4.79 Å². The molecule has 1 rings (SSSR count). The smallest absolute Gasteiger partial charge is 0.251 e.